The number of allylic oxidation sites excluding steroid dienone is 5. The van der Waals surface area contributed by atoms with Crippen LogP contribution in [0, 0.1) is 11.3 Å². The SMILES string of the molecule is CCCC(C)=CC=CC=C(C#N)C(=O)O. The average Bonchev–Trinajstić information content (AvgIpc) is 2.17. The largest absolute Gasteiger partial charge is 0.477 e. The molecule has 0 bridgehead atoms. The van der Waals surface area contributed by atoms with Gasteiger partial charge in [-0.25, -0.2) is 4.79 Å². The van der Waals surface area contributed by atoms with Gasteiger partial charge in [-0.15, -0.1) is 0 Å². The van der Waals surface area contributed by atoms with Gasteiger partial charge in [0.15, 0.2) is 0 Å². The highest BCUT2D eigenvalue weighted by atomic mass is 16.4. The van der Waals surface area contributed by atoms with E-state index in [0.29, 0.717) is 0 Å². The molecule has 0 aromatic heterocycles. The summed E-state index contributed by atoms with van der Waals surface area (Å²) in [5, 5.41) is 17.0. The van der Waals surface area contributed by atoms with Crippen LogP contribution in [-0.4, -0.2) is 11.1 Å². The van der Waals surface area contributed by atoms with Crippen LogP contribution in [0.5, 0.6) is 0 Å². The highest BCUT2D eigenvalue weighted by Crippen LogP contribution is 2.03. The Balaban J connectivity index is 4.37. The topological polar surface area (TPSA) is 61.1 Å². The van der Waals surface area contributed by atoms with Gasteiger partial charge >= 0.3 is 5.97 Å². The van der Waals surface area contributed by atoms with E-state index in [1.165, 1.54) is 11.6 Å². The van der Waals surface area contributed by atoms with E-state index in [1.54, 1.807) is 18.2 Å². The molecule has 0 aliphatic carbocycles. The van der Waals surface area contributed by atoms with E-state index in [4.69, 9.17) is 10.4 Å². The van der Waals surface area contributed by atoms with Crippen molar-refractivity contribution in [1.82, 2.24) is 0 Å². The lowest BCUT2D eigenvalue weighted by Crippen LogP contribution is -1.96. The Kier molecular flexibility index (Phi) is 6.65. The second kappa shape index (κ2) is 7.57. The number of nitriles is 1. The fraction of sp³-hybridized carbons (Fsp3) is 0.333. The molecule has 0 atom stereocenters. The monoisotopic (exact) mass is 205 g/mol. The number of carboxylic acids is 1. The molecule has 15 heavy (non-hydrogen) atoms. The molecule has 0 radical (unpaired) electrons. The van der Waals surface area contributed by atoms with Crippen LogP contribution in [0.4, 0.5) is 0 Å². The normalized spacial score (nSPS) is 12.9. The molecule has 3 nitrogen and oxygen atoms in total. The molecule has 0 aromatic carbocycles. The molecule has 0 heterocycles. The van der Waals surface area contributed by atoms with E-state index in [0.717, 1.165) is 12.8 Å². The summed E-state index contributed by atoms with van der Waals surface area (Å²) < 4.78 is 0. The van der Waals surface area contributed by atoms with Crippen molar-refractivity contribution in [3.05, 3.63) is 35.5 Å². The van der Waals surface area contributed by atoms with E-state index >= 15 is 0 Å². The third-order valence-corrected chi connectivity index (χ3v) is 1.75. The minimum Gasteiger partial charge on any atom is -0.477 e. The molecule has 0 aliphatic heterocycles. The average molecular weight is 205 g/mol. The molecule has 0 spiro atoms. The Morgan fingerprint density at radius 2 is 2.00 bits per heavy atom. The lowest BCUT2D eigenvalue weighted by molar-refractivity contribution is -0.132. The maximum Gasteiger partial charge on any atom is 0.346 e. The number of hydrogen-bond acceptors (Lipinski definition) is 2. The summed E-state index contributed by atoms with van der Waals surface area (Å²) >= 11 is 0. The van der Waals surface area contributed by atoms with Gasteiger partial charge in [0, 0.05) is 0 Å². The third kappa shape index (κ3) is 6.28. The zero-order valence-corrected chi connectivity index (χ0v) is 9.03. The fourth-order valence-corrected chi connectivity index (χ4v) is 1.01. The Morgan fingerprint density at radius 1 is 1.40 bits per heavy atom. The predicted octanol–water partition coefficient (Wildman–Crippen LogP) is 2.82. The first-order chi connectivity index (χ1) is 7.11. The maximum atomic E-state index is 10.4. The van der Waals surface area contributed by atoms with Crippen molar-refractivity contribution in [1.29, 1.82) is 5.26 Å². The fourth-order valence-electron chi connectivity index (χ4n) is 1.01. The van der Waals surface area contributed by atoms with Crippen molar-refractivity contribution in [3.8, 4) is 6.07 Å². The van der Waals surface area contributed by atoms with E-state index in [-0.39, 0.29) is 5.57 Å². The molecule has 0 saturated heterocycles. The first-order valence-electron chi connectivity index (χ1n) is 4.79. The van der Waals surface area contributed by atoms with Crippen LogP contribution in [0.25, 0.3) is 0 Å². The summed E-state index contributed by atoms with van der Waals surface area (Å²) in [5.41, 5.74) is 0.976. The summed E-state index contributed by atoms with van der Waals surface area (Å²) in [4.78, 5) is 10.4. The Morgan fingerprint density at radius 3 is 2.47 bits per heavy atom. The number of aliphatic carboxylic acids is 1. The van der Waals surface area contributed by atoms with Crippen LogP contribution in [-0.2, 0) is 4.79 Å². The van der Waals surface area contributed by atoms with Crippen LogP contribution < -0.4 is 0 Å². The number of hydrogen-bond donors (Lipinski definition) is 1. The third-order valence-electron chi connectivity index (χ3n) is 1.75. The lowest BCUT2D eigenvalue weighted by atomic mass is 10.1. The van der Waals surface area contributed by atoms with Crippen molar-refractivity contribution in [2.45, 2.75) is 26.7 Å². The maximum absolute atomic E-state index is 10.4. The summed E-state index contributed by atoms with van der Waals surface area (Å²) in [6, 6.07) is 1.60. The minimum absolute atomic E-state index is 0.257. The van der Waals surface area contributed by atoms with Crippen LogP contribution in [0.2, 0.25) is 0 Å². The second-order valence-corrected chi connectivity index (χ2v) is 3.15. The minimum atomic E-state index is -1.20. The van der Waals surface area contributed by atoms with Gasteiger partial charge in [0.05, 0.1) is 0 Å². The van der Waals surface area contributed by atoms with Gasteiger partial charge < -0.3 is 5.11 Å². The highest BCUT2D eigenvalue weighted by Gasteiger charge is 2.01. The summed E-state index contributed by atoms with van der Waals surface area (Å²) in [7, 11) is 0. The summed E-state index contributed by atoms with van der Waals surface area (Å²) in [6.45, 7) is 4.11. The van der Waals surface area contributed by atoms with Crippen molar-refractivity contribution < 1.29 is 9.90 Å². The first-order valence-corrected chi connectivity index (χ1v) is 4.79. The molecule has 0 saturated carbocycles. The van der Waals surface area contributed by atoms with Gasteiger partial charge in [-0.1, -0.05) is 37.1 Å². The van der Waals surface area contributed by atoms with Gasteiger partial charge in [-0.05, 0) is 19.4 Å². The predicted molar refractivity (Wildman–Crippen MR) is 59.1 cm³/mol. The lowest BCUT2D eigenvalue weighted by Gasteiger charge is -1.92. The van der Waals surface area contributed by atoms with E-state index in [2.05, 4.69) is 6.92 Å². The molecule has 0 unspecified atom stereocenters. The number of carbonyl (C=O) groups is 1. The van der Waals surface area contributed by atoms with E-state index in [1.807, 2.05) is 13.0 Å². The van der Waals surface area contributed by atoms with Gasteiger partial charge in [-0.3, -0.25) is 0 Å². The van der Waals surface area contributed by atoms with Crippen molar-refractivity contribution in [2.75, 3.05) is 0 Å². The van der Waals surface area contributed by atoms with Gasteiger partial charge in [0.2, 0.25) is 0 Å². The highest BCUT2D eigenvalue weighted by molar-refractivity contribution is 5.91. The van der Waals surface area contributed by atoms with Crippen molar-refractivity contribution in [3.63, 3.8) is 0 Å². The standard InChI is InChI=1S/C12H15NO2/c1-3-6-10(2)7-4-5-8-11(9-13)12(14)15/h4-5,7-8H,3,6H2,1-2H3,(H,14,15). The smallest absolute Gasteiger partial charge is 0.346 e. The Labute approximate surface area is 90.0 Å². The zero-order valence-electron chi connectivity index (χ0n) is 9.03. The molecular weight excluding hydrogens is 190 g/mol. The summed E-state index contributed by atoms with van der Waals surface area (Å²) in [5.74, 6) is -1.20. The molecule has 0 fully saturated rings. The molecule has 0 aliphatic rings. The van der Waals surface area contributed by atoms with Crippen LogP contribution in [0.15, 0.2) is 35.5 Å². The first kappa shape index (κ1) is 13.2. The molecule has 80 valence electrons. The molecule has 0 aromatic rings. The van der Waals surface area contributed by atoms with Crippen LogP contribution in [0.1, 0.15) is 26.7 Å². The van der Waals surface area contributed by atoms with Crippen molar-refractivity contribution >= 4 is 5.97 Å². The quantitative estimate of drug-likeness (QED) is 0.426. The van der Waals surface area contributed by atoms with Crippen LogP contribution >= 0.6 is 0 Å². The van der Waals surface area contributed by atoms with Gasteiger partial charge in [0.25, 0.3) is 0 Å². The number of nitrogens with zero attached hydrogens (tertiary/aromatic N) is 1. The molecule has 3 heteroatoms. The Bertz CT molecular complexity index is 343. The summed E-state index contributed by atoms with van der Waals surface area (Å²) in [6.07, 6.45) is 8.62. The molecule has 0 amide bonds. The molecular formula is C12H15NO2. The number of rotatable bonds is 5. The Hall–Kier alpha value is -1.82. The van der Waals surface area contributed by atoms with Gasteiger partial charge in [0.1, 0.15) is 11.6 Å². The van der Waals surface area contributed by atoms with Crippen molar-refractivity contribution in [2.24, 2.45) is 0 Å². The van der Waals surface area contributed by atoms with Crippen LogP contribution in [0.3, 0.4) is 0 Å². The number of carboxylic acid groups (broad SMARTS) is 1. The van der Waals surface area contributed by atoms with Gasteiger partial charge in [-0.2, -0.15) is 5.26 Å². The van der Waals surface area contributed by atoms with E-state index in [9.17, 15) is 4.79 Å². The zero-order chi connectivity index (χ0) is 11.7. The van der Waals surface area contributed by atoms with E-state index < -0.39 is 5.97 Å². The molecule has 0 rings (SSSR count). The second-order valence-electron chi connectivity index (χ2n) is 3.15. The molecule has 1 N–H and O–H groups in total.